The molecule has 0 radical (unpaired) electrons. The minimum Gasteiger partial charge on any atom is -0.853 e. The summed E-state index contributed by atoms with van der Waals surface area (Å²) in [5.41, 5.74) is -0.0247. The van der Waals surface area contributed by atoms with Crippen molar-refractivity contribution in [1.29, 1.82) is 0 Å². The fourth-order valence-electron chi connectivity index (χ4n) is 5.36. The quantitative estimate of drug-likeness (QED) is 0.449. The van der Waals surface area contributed by atoms with E-state index in [1.807, 2.05) is 35.6 Å². The molecule has 1 aromatic rings. The van der Waals surface area contributed by atoms with E-state index in [2.05, 4.69) is 0 Å². The molecule has 1 aromatic heterocycles. The molecule has 4 aliphatic carbocycles. The van der Waals surface area contributed by atoms with E-state index in [0.29, 0.717) is 5.82 Å². The van der Waals surface area contributed by atoms with E-state index < -0.39 is 0 Å². The number of aliphatic imine (C=N–C) groups is 1. The molecule has 0 aromatic carbocycles. The third-order valence-corrected chi connectivity index (χ3v) is 5.72. The normalized spacial score (nSPS) is 39.5. The van der Waals surface area contributed by atoms with Crippen LogP contribution in [0.2, 0.25) is 0 Å². The second-order valence-corrected chi connectivity index (χ2v) is 7.40. The van der Waals surface area contributed by atoms with Crippen LogP contribution in [0, 0.1) is 17.8 Å². The number of aryl methyl sites for hydroxylation is 2. The van der Waals surface area contributed by atoms with Gasteiger partial charge in [0.25, 0.3) is 5.82 Å². The monoisotopic (exact) mass is 273 g/mol. The molecule has 4 heteroatoms. The van der Waals surface area contributed by atoms with Crippen molar-refractivity contribution in [2.75, 3.05) is 0 Å². The van der Waals surface area contributed by atoms with Gasteiger partial charge < -0.3 is 5.11 Å². The Balaban J connectivity index is 1.69. The van der Waals surface area contributed by atoms with Crippen molar-refractivity contribution in [3.05, 3.63) is 18.2 Å². The van der Waals surface area contributed by atoms with Crippen molar-refractivity contribution in [2.45, 2.75) is 44.1 Å². The summed E-state index contributed by atoms with van der Waals surface area (Å²) in [6.07, 6.45) is 11.5. The summed E-state index contributed by atoms with van der Waals surface area (Å²) in [6.45, 7) is 0. The molecule has 4 nitrogen and oxygen atoms in total. The molecule has 0 amide bonds. The van der Waals surface area contributed by atoms with E-state index in [-0.39, 0.29) is 11.4 Å². The van der Waals surface area contributed by atoms with Crippen LogP contribution in [-0.2, 0) is 14.1 Å². The highest BCUT2D eigenvalue weighted by Crippen LogP contribution is 2.57. The number of imidazole rings is 1. The van der Waals surface area contributed by atoms with E-state index in [4.69, 9.17) is 4.99 Å². The molecule has 0 aliphatic heterocycles. The van der Waals surface area contributed by atoms with Crippen molar-refractivity contribution in [3.63, 3.8) is 0 Å². The maximum Gasteiger partial charge on any atom is 0.291 e. The topological polar surface area (TPSA) is 44.2 Å². The van der Waals surface area contributed by atoms with Crippen LogP contribution < -0.4 is 9.67 Å². The molecule has 0 atom stereocenters. The fraction of sp³-hybridized carbons (Fsp3) is 0.750. The summed E-state index contributed by atoms with van der Waals surface area (Å²) in [6, 6.07) is 0. The Kier molecular flexibility index (Phi) is 2.54. The van der Waals surface area contributed by atoms with Gasteiger partial charge in [-0.1, -0.05) is 0 Å². The van der Waals surface area contributed by atoms with Gasteiger partial charge in [0.1, 0.15) is 12.4 Å². The van der Waals surface area contributed by atoms with Crippen LogP contribution >= 0.6 is 0 Å². The molecule has 20 heavy (non-hydrogen) atoms. The molecule has 0 N–H and O–H groups in total. The Bertz CT molecular complexity index is 517. The summed E-state index contributed by atoms with van der Waals surface area (Å²) in [5, 5.41) is 12.6. The van der Waals surface area contributed by atoms with Crippen LogP contribution in [0.4, 0.5) is 0 Å². The molecule has 0 unspecified atom stereocenters. The van der Waals surface area contributed by atoms with Gasteiger partial charge in [-0.3, -0.25) is 4.99 Å². The Morgan fingerprint density at radius 2 is 1.80 bits per heavy atom. The number of aromatic nitrogens is 2. The van der Waals surface area contributed by atoms with Gasteiger partial charge in [0.15, 0.2) is 0 Å². The van der Waals surface area contributed by atoms with Crippen LogP contribution in [0.25, 0.3) is 0 Å². The highest BCUT2D eigenvalue weighted by molar-refractivity contribution is 5.85. The van der Waals surface area contributed by atoms with Gasteiger partial charge >= 0.3 is 0 Å². The molecule has 4 fully saturated rings. The third kappa shape index (κ3) is 1.80. The molecule has 4 bridgehead atoms. The first kappa shape index (κ1) is 12.4. The highest BCUT2D eigenvalue weighted by atomic mass is 16.3. The second kappa shape index (κ2) is 4.09. The molecule has 4 aliphatic rings. The van der Waals surface area contributed by atoms with Gasteiger partial charge in [-0.05, 0) is 56.3 Å². The standard InChI is InChI=1S/C16H23N3O/c1-18-3-4-19(2)15(18)14(20)17-16-8-11-5-12(9-16)7-13(6-11)10-16/h3-4,11-13H,5-10H2,1-2H3. The lowest BCUT2D eigenvalue weighted by Crippen LogP contribution is -2.51. The van der Waals surface area contributed by atoms with Crippen molar-refractivity contribution >= 4 is 5.90 Å². The maximum absolute atomic E-state index is 12.6. The first-order valence-corrected chi connectivity index (χ1v) is 7.83. The lowest BCUT2D eigenvalue weighted by Gasteiger charge is -2.55. The summed E-state index contributed by atoms with van der Waals surface area (Å²) in [4.78, 5) is 4.75. The molecule has 0 saturated heterocycles. The Hall–Kier alpha value is -1.32. The molecule has 0 spiro atoms. The summed E-state index contributed by atoms with van der Waals surface area (Å²) < 4.78 is 3.76. The average molecular weight is 273 g/mol. The molecular weight excluding hydrogens is 250 g/mol. The van der Waals surface area contributed by atoms with Crippen LogP contribution in [0.5, 0.6) is 0 Å². The first-order chi connectivity index (χ1) is 9.55. The Morgan fingerprint density at radius 1 is 1.25 bits per heavy atom. The van der Waals surface area contributed by atoms with Gasteiger partial charge in [0, 0.05) is 0 Å². The summed E-state index contributed by atoms with van der Waals surface area (Å²) in [7, 11) is 3.84. The zero-order valence-corrected chi connectivity index (χ0v) is 12.4. The molecule has 5 rings (SSSR count). The fourth-order valence-corrected chi connectivity index (χ4v) is 5.36. The van der Waals surface area contributed by atoms with Crippen molar-refractivity contribution in [3.8, 4) is 0 Å². The second-order valence-electron chi connectivity index (χ2n) is 7.40. The van der Waals surface area contributed by atoms with Gasteiger partial charge in [0.2, 0.25) is 0 Å². The molecule has 108 valence electrons. The van der Waals surface area contributed by atoms with Crippen LogP contribution in [0.3, 0.4) is 0 Å². The van der Waals surface area contributed by atoms with E-state index in [0.717, 1.165) is 37.0 Å². The largest absolute Gasteiger partial charge is 0.853 e. The highest BCUT2D eigenvalue weighted by Gasteiger charge is 2.50. The van der Waals surface area contributed by atoms with E-state index in [9.17, 15) is 5.11 Å². The SMILES string of the molecule is Cn1cc[n+](C)c1/C([O-])=N/C12CC3CC(CC(C3)C1)C2. The number of hydrogen-bond acceptors (Lipinski definition) is 2. The molecule has 4 saturated carbocycles. The number of hydrogen-bond donors (Lipinski definition) is 0. The number of nitrogens with zero attached hydrogens (tertiary/aromatic N) is 3. The van der Waals surface area contributed by atoms with Gasteiger partial charge in [-0.2, -0.15) is 0 Å². The third-order valence-electron chi connectivity index (χ3n) is 5.72. The lowest BCUT2D eigenvalue weighted by molar-refractivity contribution is -0.674. The Labute approximate surface area is 120 Å². The van der Waals surface area contributed by atoms with Gasteiger partial charge in [0.05, 0.1) is 25.5 Å². The zero-order chi connectivity index (χ0) is 13.9. The van der Waals surface area contributed by atoms with E-state index >= 15 is 0 Å². The predicted molar refractivity (Wildman–Crippen MR) is 74.0 cm³/mol. The van der Waals surface area contributed by atoms with Crippen molar-refractivity contribution < 1.29 is 9.67 Å². The van der Waals surface area contributed by atoms with Gasteiger partial charge in [-0.25, -0.2) is 9.13 Å². The lowest BCUT2D eigenvalue weighted by atomic mass is 9.53. The smallest absolute Gasteiger partial charge is 0.291 e. The Morgan fingerprint density at radius 3 is 2.25 bits per heavy atom. The maximum atomic E-state index is 12.6. The van der Waals surface area contributed by atoms with Crippen LogP contribution in [0.1, 0.15) is 44.3 Å². The average Bonchev–Trinajstić information content (AvgIpc) is 2.66. The zero-order valence-electron chi connectivity index (χ0n) is 12.4. The van der Waals surface area contributed by atoms with Crippen LogP contribution in [-0.4, -0.2) is 16.0 Å². The minimum atomic E-state index is -0.0260. The summed E-state index contributed by atoms with van der Waals surface area (Å²) in [5.74, 6) is 3.17. The van der Waals surface area contributed by atoms with Crippen molar-refractivity contribution in [1.82, 2.24) is 4.57 Å². The first-order valence-electron chi connectivity index (χ1n) is 7.83. The molecule has 1 heterocycles. The molecular formula is C16H23N3O. The summed E-state index contributed by atoms with van der Waals surface area (Å²) >= 11 is 0. The van der Waals surface area contributed by atoms with E-state index in [1.54, 1.807) is 0 Å². The number of rotatable bonds is 2. The van der Waals surface area contributed by atoms with Crippen LogP contribution in [0.15, 0.2) is 17.4 Å². The minimum absolute atomic E-state index is 0.0247. The predicted octanol–water partition coefficient (Wildman–Crippen LogP) is 0.925. The van der Waals surface area contributed by atoms with Gasteiger partial charge in [-0.15, -0.1) is 0 Å². The van der Waals surface area contributed by atoms with Crippen molar-refractivity contribution in [2.24, 2.45) is 36.8 Å². The van der Waals surface area contributed by atoms with E-state index in [1.165, 1.54) is 19.3 Å².